The van der Waals surface area contributed by atoms with E-state index in [-0.39, 0.29) is 0 Å². The SMILES string of the molecule is Cc1ncsc1-c1ccc(NNC(=O)OC(C)(C)C)cc1. The number of anilines is 1. The molecular weight excluding hydrogens is 286 g/mol. The average Bonchev–Trinajstić information content (AvgIpc) is 2.81. The first-order valence-electron chi connectivity index (χ1n) is 6.61. The summed E-state index contributed by atoms with van der Waals surface area (Å²) in [5, 5.41) is 0. The molecule has 0 fully saturated rings. The zero-order valence-electron chi connectivity index (χ0n) is 12.6. The molecule has 2 aromatic rings. The minimum Gasteiger partial charge on any atom is -0.443 e. The molecule has 0 aliphatic carbocycles. The molecule has 0 aliphatic heterocycles. The Kier molecular flexibility index (Phi) is 4.47. The van der Waals surface area contributed by atoms with Gasteiger partial charge in [-0.05, 0) is 45.4 Å². The Hall–Kier alpha value is -2.08. The number of ether oxygens (including phenoxy) is 1. The molecule has 1 heterocycles. The lowest BCUT2D eigenvalue weighted by atomic mass is 10.1. The molecule has 0 saturated heterocycles. The summed E-state index contributed by atoms with van der Waals surface area (Å²) in [5.74, 6) is 0. The molecule has 2 N–H and O–H groups in total. The number of aryl methyl sites for hydroxylation is 1. The van der Waals surface area contributed by atoms with Crippen LogP contribution in [0.25, 0.3) is 10.4 Å². The average molecular weight is 305 g/mol. The molecule has 1 aromatic carbocycles. The Morgan fingerprint density at radius 2 is 1.90 bits per heavy atom. The smallest absolute Gasteiger partial charge is 0.426 e. The van der Waals surface area contributed by atoms with Crippen LogP contribution in [-0.2, 0) is 4.74 Å². The molecule has 21 heavy (non-hydrogen) atoms. The van der Waals surface area contributed by atoms with Gasteiger partial charge in [-0.15, -0.1) is 11.3 Å². The normalized spacial score (nSPS) is 11.0. The van der Waals surface area contributed by atoms with Crippen LogP contribution < -0.4 is 10.9 Å². The third-order valence-corrected chi connectivity index (χ3v) is 3.58. The molecule has 0 spiro atoms. The van der Waals surface area contributed by atoms with Crippen LogP contribution in [0.3, 0.4) is 0 Å². The standard InChI is InChI=1S/C15H19N3O2S/c1-10-13(21-9-16-10)11-5-7-12(8-6-11)17-18-14(19)20-15(2,3)4/h5-9,17H,1-4H3,(H,18,19). The van der Waals surface area contributed by atoms with E-state index in [0.29, 0.717) is 0 Å². The highest BCUT2D eigenvalue weighted by atomic mass is 32.1. The van der Waals surface area contributed by atoms with Crippen molar-refractivity contribution in [2.75, 3.05) is 5.43 Å². The van der Waals surface area contributed by atoms with Gasteiger partial charge in [0.1, 0.15) is 5.60 Å². The highest BCUT2D eigenvalue weighted by Gasteiger charge is 2.15. The fraction of sp³-hybridized carbons (Fsp3) is 0.333. The van der Waals surface area contributed by atoms with Gasteiger partial charge in [0.05, 0.1) is 21.8 Å². The first-order chi connectivity index (χ1) is 9.85. The molecule has 112 valence electrons. The van der Waals surface area contributed by atoms with Crippen LogP contribution in [0, 0.1) is 6.92 Å². The summed E-state index contributed by atoms with van der Waals surface area (Å²) >= 11 is 1.61. The number of carbonyl (C=O) groups excluding carboxylic acids is 1. The summed E-state index contributed by atoms with van der Waals surface area (Å²) in [7, 11) is 0. The number of hydrogen-bond acceptors (Lipinski definition) is 5. The Morgan fingerprint density at radius 3 is 2.43 bits per heavy atom. The molecule has 6 heteroatoms. The van der Waals surface area contributed by atoms with Crippen molar-refractivity contribution in [2.24, 2.45) is 0 Å². The fourth-order valence-corrected chi connectivity index (χ4v) is 2.52. The molecule has 0 bridgehead atoms. The van der Waals surface area contributed by atoms with Crippen LogP contribution in [0.15, 0.2) is 29.8 Å². The summed E-state index contributed by atoms with van der Waals surface area (Å²) in [4.78, 5) is 16.9. The number of carbonyl (C=O) groups is 1. The maximum absolute atomic E-state index is 11.5. The minimum atomic E-state index is -0.515. The van der Waals surface area contributed by atoms with Crippen LogP contribution in [0.4, 0.5) is 10.5 Å². The summed E-state index contributed by atoms with van der Waals surface area (Å²) in [5.41, 5.74) is 9.55. The number of rotatable bonds is 3. The predicted molar refractivity (Wildman–Crippen MR) is 85.3 cm³/mol. The second-order valence-corrected chi connectivity index (χ2v) is 6.45. The van der Waals surface area contributed by atoms with Gasteiger partial charge in [-0.25, -0.2) is 15.2 Å². The Morgan fingerprint density at radius 1 is 1.24 bits per heavy atom. The van der Waals surface area contributed by atoms with Gasteiger partial charge in [-0.3, -0.25) is 5.43 Å². The van der Waals surface area contributed by atoms with Crippen molar-refractivity contribution >= 4 is 23.1 Å². The maximum Gasteiger partial charge on any atom is 0.426 e. The number of amides is 1. The van der Waals surface area contributed by atoms with Gasteiger partial charge >= 0.3 is 6.09 Å². The largest absolute Gasteiger partial charge is 0.443 e. The number of hydrazine groups is 1. The summed E-state index contributed by atoms with van der Waals surface area (Å²) in [6.07, 6.45) is -0.509. The molecule has 5 nitrogen and oxygen atoms in total. The molecule has 0 aliphatic rings. The van der Waals surface area contributed by atoms with E-state index in [1.807, 2.05) is 57.5 Å². The highest BCUT2D eigenvalue weighted by molar-refractivity contribution is 7.13. The summed E-state index contributed by atoms with van der Waals surface area (Å²) < 4.78 is 5.14. The van der Waals surface area contributed by atoms with E-state index in [9.17, 15) is 4.79 Å². The van der Waals surface area contributed by atoms with E-state index in [1.165, 1.54) is 0 Å². The van der Waals surface area contributed by atoms with E-state index >= 15 is 0 Å². The molecule has 0 unspecified atom stereocenters. The van der Waals surface area contributed by atoms with E-state index in [2.05, 4.69) is 15.8 Å². The number of aromatic nitrogens is 1. The number of benzene rings is 1. The van der Waals surface area contributed by atoms with Gasteiger partial charge in [-0.2, -0.15) is 0 Å². The van der Waals surface area contributed by atoms with Gasteiger partial charge in [0.25, 0.3) is 0 Å². The van der Waals surface area contributed by atoms with Gasteiger partial charge in [0.2, 0.25) is 0 Å². The van der Waals surface area contributed by atoms with Crippen molar-refractivity contribution in [3.63, 3.8) is 0 Å². The third kappa shape index (κ3) is 4.46. The lowest BCUT2D eigenvalue weighted by molar-refractivity contribution is 0.0541. The predicted octanol–water partition coefficient (Wildman–Crippen LogP) is 3.97. The van der Waals surface area contributed by atoms with Crippen molar-refractivity contribution in [2.45, 2.75) is 33.3 Å². The fourth-order valence-electron chi connectivity index (χ4n) is 1.71. The first kappa shape index (κ1) is 15.3. The summed E-state index contributed by atoms with van der Waals surface area (Å²) in [6.45, 7) is 7.44. The number of hydrogen-bond donors (Lipinski definition) is 2. The lowest BCUT2D eigenvalue weighted by Crippen LogP contribution is -2.35. The van der Waals surface area contributed by atoms with Crippen molar-refractivity contribution in [3.8, 4) is 10.4 Å². The Labute approximate surface area is 128 Å². The third-order valence-electron chi connectivity index (χ3n) is 2.60. The Balaban J connectivity index is 1.94. The maximum atomic E-state index is 11.5. The van der Waals surface area contributed by atoms with Crippen LogP contribution in [0.1, 0.15) is 26.5 Å². The molecular formula is C15H19N3O2S. The van der Waals surface area contributed by atoms with Gasteiger partial charge in [0.15, 0.2) is 0 Å². The Bertz CT molecular complexity index is 615. The van der Waals surface area contributed by atoms with E-state index < -0.39 is 11.7 Å². The van der Waals surface area contributed by atoms with E-state index in [1.54, 1.807) is 11.3 Å². The van der Waals surface area contributed by atoms with Crippen LogP contribution in [-0.4, -0.2) is 16.7 Å². The second kappa shape index (κ2) is 6.13. The van der Waals surface area contributed by atoms with Crippen LogP contribution in [0.2, 0.25) is 0 Å². The van der Waals surface area contributed by atoms with Crippen molar-refractivity contribution < 1.29 is 9.53 Å². The van der Waals surface area contributed by atoms with Crippen molar-refractivity contribution in [3.05, 3.63) is 35.5 Å². The second-order valence-electron chi connectivity index (χ2n) is 5.60. The van der Waals surface area contributed by atoms with Crippen LogP contribution in [0.5, 0.6) is 0 Å². The topological polar surface area (TPSA) is 63.2 Å². The first-order valence-corrected chi connectivity index (χ1v) is 7.49. The molecule has 0 saturated carbocycles. The zero-order valence-corrected chi connectivity index (χ0v) is 13.4. The molecule has 1 amide bonds. The number of nitrogens with one attached hydrogen (secondary N) is 2. The monoisotopic (exact) mass is 305 g/mol. The number of thiazole rings is 1. The molecule has 1 aromatic heterocycles. The minimum absolute atomic E-state index is 0.509. The molecule has 0 radical (unpaired) electrons. The number of nitrogens with zero attached hydrogens (tertiary/aromatic N) is 1. The summed E-state index contributed by atoms with van der Waals surface area (Å²) in [6, 6.07) is 7.76. The van der Waals surface area contributed by atoms with Crippen LogP contribution >= 0.6 is 11.3 Å². The van der Waals surface area contributed by atoms with E-state index in [0.717, 1.165) is 21.8 Å². The quantitative estimate of drug-likeness (QED) is 0.842. The van der Waals surface area contributed by atoms with Crippen molar-refractivity contribution in [1.82, 2.24) is 10.4 Å². The lowest BCUT2D eigenvalue weighted by Gasteiger charge is -2.20. The van der Waals surface area contributed by atoms with E-state index in [4.69, 9.17) is 4.74 Å². The van der Waals surface area contributed by atoms with Gasteiger partial charge in [0, 0.05) is 0 Å². The van der Waals surface area contributed by atoms with Gasteiger partial charge < -0.3 is 4.74 Å². The molecule has 2 rings (SSSR count). The van der Waals surface area contributed by atoms with Gasteiger partial charge in [-0.1, -0.05) is 12.1 Å². The zero-order chi connectivity index (χ0) is 15.5. The molecule has 0 atom stereocenters. The van der Waals surface area contributed by atoms with Crippen molar-refractivity contribution in [1.29, 1.82) is 0 Å². The highest BCUT2D eigenvalue weighted by Crippen LogP contribution is 2.27.